The summed E-state index contributed by atoms with van der Waals surface area (Å²) in [4.78, 5) is 12.7. The van der Waals surface area contributed by atoms with E-state index in [2.05, 4.69) is 5.16 Å². The van der Waals surface area contributed by atoms with Crippen molar-refractivity contribution in [1.82, 2.24) is 10.1 Å². The summed E-state index contributed by atoms with van der Waals surface area (Å²) in [5.41, 5.74) is 11.3. The minimum Gasteiger partial charge on any atom is -0.370 e. The van der Waals surface area contributed by atoms with E-state index in [0.717, 1.165) is 31.6 Å². The van der Waals surface area contributed by atoms with E-state index in [4.69, 9.17) is 21.4 Å². The van der Waals surface area contributed by atoms with Gasteiger partial charge in [-0.1, -0.05) is 5.16 Å². The fourth-order valence-electron chi connectivity index (χ4n) is 2.01. The van der Waals surface area contributed by atoms with Gasteiger partial charge in [0.05, 0.1) is 5.69 Å². The van der Waals surface area contributed by atoms with E-state index in [1.54, 1.807) is 6.07 Å². The van der Waals surface area contributed by atoms with Crippen LogP contribution in [-0.4, -0.2) is 35.0 Å². The molecule has 1 aliphatic rings. The van der Waals surface area contributed by atoms with Crippen LogP contribution in [0.1, 0.15) is 35.0 Å². The zero-order chi connectivity index (χ0) is 12.4. The fraction of sp³-hybridized carbons (Fsp3) is 0.500. The van der Waals surface area contributed by atoms with Gasteiger partial charge in [-0.25, -0.2) is 0 Å². The van der Waals surface area contributed by atoms with Crippen LogP contribution in [0.2, 0.25) is 0 Å². The molecule has 2 heterocycles. The quantitative estimate of drug-likeness (QED) is 0.487. The first-order valence-corrected chi connectivity index (χ1v) is 5.43. The predicted octanol–water partition coefficient (Wildman–Crippen LogP) is -0.154. The van der Waals surface area contributed by atoms with E-state index in [1.165, 1.54) is 0 Å². The highest BCUT2D eigenvalue weighted by atomic mass is 16.5. The van der Waals surface area contributed by atoms with E-state index in [1.807, 2.05) is 4.90 Å². The summed E-state index contributed by atoms with van der Waals surface area (Å²) in [6.45, 7) is 1.44. The SMILES string of the molecule is N=C(N)N1CCC(c2cc(C(N)=O)on2)CC1. The van der Waals surface area contributed by atoms with Crippen LogP contribution in [0, 0.1) is 5.41 Å². The molecule has 7 heteroatoms. The topological polar surface area (TPSA) is 122 Å². The van der Waals surface area contributed by atoms with Crippen molar-refractivity contribution in [1.29, 1.82) is 5.41 Å². The molecule has 0 aromatic carbocycles. The summed E-state index contributed by atoms with van der Waals surface area (Å²) in [6, 6.07) is 1.59. The van der Waals surface area contributed by atoms with Crippen molar-refractivity contribution < 1.29 is 9.32 Å². The Morgan fingerprint density at radius 2 is 2.12 bits per heavy atom. The Labute approximate surface area is 98.2 Å². The van der Waals surface area contributed by atoms with Crippen molar-refractivity contribution in [2.45, 2.75) is 18.8 Å². The number of carbonyl (C=O) groups is 1. The zero-order valence-corrected chi connectivity index (χ0v) is 9.35. The van der Waals surface area contributed by atoms with Crippen molar-refractivity contribution >= 4 is 11.9 Å². The molecule has 92 valence electrons. The van der Waals surface area contributed by atoms with Crippen LogP contribution in [-0.2, 0) is 0 Å². The Hall–Kier alpha value is -2.05. The number of primary amides is 1. The number of hydrogen-bond donors (Lipinski definition) is 3. The summed E-state index contributed by atoms with van der Waals surface area (Å²) in [7, 11) is 0. The summed E-state index contributed by atoms with van der Waals surface area (Å²) in [5.74, 6) is -0.178. The average molecular weight is 237 g/mol. The smallest absolute Gasteiger partial charge is 0.287 e. The van der Waals surface area contributed by atoms with Gasteiger partial charge in [-0.2, -0.15) is 0 Å². The Balaban J connectivity index is 2.00. The van der Waals surface area contributed by atoms with Gasteiger partial charge >= 0.3 is 0 Å². The number of guanidine groups is 1. The van der Waals surface area contributed by atoms with E-state index >= 15 is 0 Å². The minimum atomic E-state index is -0.607. The van der Waals surface area contributed by atoms with Gasteiger partial charge in [0.15, 0.2) is 5.96 Å². The molecular formula is C10H15N5O2. The lowest BCUT2D eigenvalue weighted by atomic mass is 9.93. The molecule has 0 saturated carbocycles. The maximum Gasteiger partial charge on any atom is 0.287 e. The lowest BCUT2D eigenvalue weighted by Crippen LogP contribution is -2.41. The second kappa shape index (κ2) is 4.44. The van der Waals surface area contributed by atoms with E-state index in [0.29, 0.717) is 0 Å². The monoisotopic (exact) mass is 237 g/mol. The molecule has 1 saturated heterocycles. The molecule has 1 fully saturated rings. The molecular weight excluding hydrogens is 222 g/mol. The van der Waals surface area contributed by atoms with Crippen LogP contribution < -0.4 is 11.5 Å². The van der Waals surface area contributed by atoms with Gasteiger partial charge in [0.2, 0.25) is 5.76 Å². The van der Waals surface area contributed by atoms with Crippen LogP contribution in [0.4, 0.5) is 0 Å². The van der Waals surface area contributed by atoms with Crippen molar-refractivity contribution in [3.63, 3.8) is 0 Å². The number of likely N-dealkylation sites (tertiary alicyclic amines) is 1. The van der Waals surface area contributed by atoms with Crippen molar-refractivity contribution in [2.75, 3.05) is 13.1 Å². The lowest BCUT2D eigenvalue weighted by molar-refractivity contribution is 0.0965. The minimum absolute atomic E-state index is 0.0917. The van der Waals surface area contributed by atoms with Gasteiger partial charge in [0.25, 0.3) is 5.91 Å². The highest BCUT2D eigenvalue weighted by Gasteiger charge is 2.24. The molecule has 0 atom stereocenters. The highest BCUT2D eigenvalue weighted by Crippen LogP contribution is 2.27. The lowest BCUT2D eigenvalue weighted by Gasteiger charge is -2.31. The number of hydrogen-bond acceptors (Lipinski definition) is 4. The number of nitrogens with one attached hydrogen (secondary N) is 1. The van der Waals surface area contributed by atoms with Gasteiger partial charge in [-0.15, -0.1) is 0 Å². The number of amides is 1. The number of rotatable bonds is 2. The molecule has 0 unspecified atom stereocenters. The number of carbonyl (C=O) groups excluding carboxylic acids is 1. The fourth-order valence-corrected chi connectivity index (χ4v) is 2.01. The maximum atomic E-state index is 10.9. The van der Waals surface area contributed by atoms with Gasteiger partial charge in [0.1, 0.15) is 0 Å². The number of nitrogens with two attached hydrogens (primary N) is 2. The molecule has 17 heavy (non-hydrogen) atoms. The van der Waals surface area contributed by atoms with E-state index in [9.17, 15) is 4.79 Å². The number of aromatic nitrogens is 1. The molecule has 0 bridgehead atoms. The van der Waals surface area contributed by atoms with Crippen LogP contribution in [0.5, 0.6) is 0 Å². The molecule has 0 aliphatic carbocycles. The first-order chi connectivity index (χ1) is 8.08. The first kappa shape index (κ1) is 11.4. The molecule has 7 nitrogen and oxygen atoms in total. The van der Waals surface area contributed by atoms with Crippen molar-refractivity contribution in [3.8, 4) is 0 Å². The van der Waals surface area contributed by atoms with E-state index < -0.39 is 5.91 Å². The standard InChI is InChI=1S/C10H15N5O2/c11-9(16)8-5-7(14-17-8)6-1-3-15(4-2-6)10(12)13/h5-6H,1-4H2,(H2,11,16)(H3,12,13). The van der Waals surface area contributed by atoms with Gasteiger partial charge < -0.3 is 20.9 Å². The largest absolute Gasteiger partial charge is 0.370 e. The second-order valence-corrected chi connectivity index (χ2v) is 4.13. The Bertz CT molecular complexity index is 434. The normalized spacial score (nSPS) is 17.1. The van der Waals surface area contributed by atoms with Gasteiger partial charge in [-0.3, -0.25) is 10.2 Å². The molecule has 0 spiro atoms. The van der Waals surface area contributed by atoms with Crippen LogP contribution in [0.15, 0.2) is 10.6 Å². The summed E-state index contributed by atoms with van der Waals surface area (Å²) >= 11 is 0. The third-order valence-electron chi connectivity index (χ3n) is 3.03. The van der Waals surface area contributed by atoms with Crippen molar-refractivity contribution in [3.05, 3.63) is 17.5 Å². The van der Waals surface area contributed by atoms with Crippen molar-refractivity contribution in [2.24, 2.45) is 11.5 Å². The molecule has 0 radical (unpaired) electrons. The molecule has 1 aromatic rings. The summed E-state index contributed by atoms with van der Waals surface area (Å²) in [6.07, 6.45) is 1.68. The number of nitrogens with zero attached hydrogens (tertiary/aromatic N) is 2. The Morgan fingerprint density at radius 1 is 1.47 bits per heavy atom. The molecule has 1 aromatic heterocycles. The average Bonchev–Trinajstić information content (AvgIpc) is 2.78. The maximum absolute atomic E-state index is 10.9. The Morgan fingerprint density at radius 3 is 2.59 bits per heavy atom. The highest BCUT2D eigenvalue weighted by molar-refractivity contribution is 5.89. The first-order valence-electron chi connectivity index (χ1n) is 5.43. The Kier molecular flexibility index (Phi) is 2.99. The second-order valence-electron chi connectivity index (χ2n) is 4.13. The van der Waals surface area contributed by atoms with Gasteiger partial charge in [-0.05, 0) is 12.8 Å². The summed E-state index contributed by atoms with van der Waals surface area (Å²) in [5, 5.41) is 11.2. The molecule has 1 aliphatic heterocycles. The zero-order valence-electron chi connectivity index (χ0n) is 9.35. The van der Waals surface area contributed by atoms with Gasteiger partial charge in [0, 0.05) is 25.1 Å². The summed E-state index contributed by atoms with van der Waals surface area (Å²) < 4.78 is 4.85. The number of piperidine rings is 1. The third kappa shape index (κ3) is 2.38. The molecule has 1 amide bonds. The van der Waals surface area contributed by atoms with Crippen LogP contribution in [0.25, 0.3) is 0 Å². The molecule has 5 N–H and O–H groups in total. The molecule has 2 rings (SSSR count). The third-order valence-corrected chi connectivity index (χ3v) is 3.03. The van der Waals surface area contributed by atoms with E-state index in [-0.39, 0.29) is 17.6 Å². The van der Waals surface area contributed by atoms with Crippen LogP contribution in [0.3, 0.4) is 0 Å². The van der Waals surface area contributed by atoms with Crippen LogP contribution >= 0.6 is 0 Å². The predicted molar refractivity (Wildman–Crippen MR) is 60.5 cm³/mol.